The highest BCUT2D eigenvalue weighted by atomic mass is 16.3. The molecule has 2 aliphatic rings. The van der Waals surface area contributed by atoms with Crippen molar-refractivity contribution in [3.8, 4) is 5.75 Å². The molecule has 0 aromatic heterocycles. The number of phenolic OH excluding ortho intramolecular Hbond substituents is 1. The number of para-hydroxylation sites is 1. The van der Waals surface area contributed by atoms with Crippen molar-refractivity contribution in [3.63, 3.8) is 0 Å². The van der Waals surface area contributed by atoms with Crippen LogP contribution in [-0.4, -0.2) is 28.5 Å². The van der Waals surface area contributed by atoms with E-state index >= 15 is 0 Å². The summed E-state index contributed by atoms with van der Waals surface area (Å²) < 4.78 is 0.520. The summed E-state index contributed by atoms with van der Waals surface area (Å²) in [4.78, 5) is 0. The molecule has 1 aliphatic carbocycles. The van der Waals surface area contributed by atoms with Gasteiger partial charge in [-0.15, -0.1) is 0 Å². The molecule has 1 saturated carbocycles. The molecule has 1 atom stereocenters. The largest absolute Gasteiger partial charge is 0.507 e. The molecule has 1 aromatic carbocycles. The van der Waals surface area contributed by atoms with Gasteiger partial charge in [0, 0.05) is 6.04 Å². The van der Waals surface area contributed by atoms with Crippen molar-refractivity contribution in [2.75, 3.05) is 6.54 Å². The summed E-state index contributed by atoms with van der Waals surface area (Å²) in [6.07, 6.45) is 10.7. The van der Waals surface area contributed by atoms with Crippen molar-refractivity contribution in [2.45, 2.75) is 51.6 Å². The normalized spacial score (nSPS) is 25.2. The molecule has 0 bridgehead atoms. The van der Waals surface area contributed by atoms with Crippen molar-refractivity contribution in [1.29, 1.82) is 0 Å². The number of hydrogen-bond donors (Lipinski definition) is 2. The third-order valence-electron chi connectivity index (χ3n) is 4.77. The minimum absolute atomic E-state index is 0.353. The Labute approximate surface area is 132 Å². The fraction of sp³-hybridized carbons (Fsp3) is 0.500. The first-order chi connectivity index (χ1) is 10.7. The van der Waals surface area contributed by atoms with E-state index < -0.39 is 0 Å². The van der Waals surface area contributed by atoms with Gasteiger partial charge in [-0.3, -0.25) is 0 Å². The first kappa shape index (κ1) is 15.1. The summed E-state index contributed by atoms with van der Waals surface area (Å²) in [7, 11) is 0. The van der Waals surface area contributed by atoms with Crippen LogP contribution in [0.4, 0.5) is 0 Å². The number of nitrogens with zero attached hydrogens (tertiary/aromatic N) is 2. The lowest BCUT2D eigenvalue weighted by Crippen LogP contribution is -2.35. The van der Waals surface area contributed by atoms with Crippen molar-refractivity contribution in [1.82, 2.24) is 5.32 Å². The predicted molar refractivity (Wildman–Crippen MR) is 89.2 cm³/mol. The Hall–Kier alpha value is -1.81. The van der Waals surface area contributed by atoms with Crippen LogP contribution in [-0.2, 0) is 6.54 Å². The Balaban J connectivity index is 1.71. The second kappa shape index (κ2) is 6.53. The maximum absolute atomic E-state index is 10.0. The van der Waals surface area contributed by atoms with E-state index in [4.69, 9.17) is 5.10 Å². The molecule has 1 aliphatic heterocycles. The number of allylic oxidation sites excluding steroid dienone is 1. The predicted octanol–water partition coefficient (Wildman–Crippen LogP) is 3.49. The van der Waals surface area contributed by atoms with Gasteiger partial charge in [0.1, 0.15) is 37.0 Å². The minimum Gasteiger partial charge on any atom is -0.507 e. The Morgan fingerprint density at radius 1 is 1.23 bits per heavy atom. The fourth-order valence-electron chi connectivity index (χ4n) is 3.37. The Morgan fingerprint density at radius 3 is 2.73 bits per heavy atom. The molecule has 0 radical (unpaired) electrons. The van der Waals surface area contributed by atoms with Gasteiger partial charge in [0.2, 0.25) is 0 Å². The zero-order valence-electron chi connectivity index (χ0n) is 13.3. The van der Waals surface area contributed by atoms with Crippen LogP contribution < -0.4 is 5.32 Å². The van der Waals surface area contributed by atoms with Gasteiger partial charge in [-0.05, 0) is 31.9 Å². The third kappa shape index (κ3) is 3.33. The fourth-order valence-corrected chi connectivity index (χ4v) is 3.37. The van der Waals surface area contributed by atoms with Crippen LogP contribution in [0.3, 0.4) is 0 Å². The molecule has 0 saturated heterocycles. The van der Waals surface area contributed by atoms with Gasteiger partial charge < -0.3 is 10.4 Å². The topological polar surface area (TPSA) is 44.6 Å². The summed E-state index contributed by atoms with van der Waals surface area (Å²) in [5, 5.41) is 18.4. The number of aromatic hydroxyl groups is 1. The van der Waals surface area contributed by atoms with Crippen LogP contribution in [0.25, 0.3) is 0 Å². The molecular weight excluding hydrogens is 274 g/mol. The van der Waals surface area contributed by atoms with E-state index in [1.54, 1.807) is 6.07 Å². The maximum atomic E-state index is 10.0. The van der Waals surface area contributed by atoms with E-state index in [1.807, 2.05) is 24.4 Å². The van der Waals surface area contributed by atoms with E-state index in [0.717, 1.165) is 17.8 Å². The molecule has 4 nitrogen and oxygen atoms in total. The molecule has 1 heterocycles. The molecule has 4 heteroatoms. The molecule has 0 spiro atoms. The Bertz CT molecular complexity index is 575. The van der Waals surface area contributed by atoms with Crippen molar-refractivity contribution in [3.05, 3.63) is 41.7 Å². The van der Waals surface area contributed by atoms with Gasteiger partial charge in [-0.25, -0.2) is 0 Å². The van der Waals surface area contributed by atoms with Crippen molar-refractivity contribution in [2.24, 2.45) is 5.10 Å². The zero-order valence-corrected chi connectivity index (χ0v) is 13.3. The van der Waals surface area contributed by atoms with Crippen LogP contribution in [0, 0.1) is 0 Å². The molecule has 22 heavy (non-hydrogen) atoms. The monoisotopic (exact) mass is 300 g/mol. The minimum atomic E-state index is 0.353. The number of quaternary nitrogens is 1. The van der Waals surface area contributed by atoms with Crippen molar-refractivity contribution < 1.29 is 9.70 Å². The molecule has 1 fully saturated rings. The summed E-state index contributed by atoms with van der Waals surface area (Å²) >= 11 is 0. The van der Waals surface area contributed by atoms with Gasteiger partial charge >= 0.3 is 0 Å². The standard InChI is InChI=1S/C18H25N3O/c1-2-21(13-15-8-6-7-11-18(15)22)14-17(12-19-21)20-16-9-4-3-5-10-16/h6-8,11-12,14,16,20H,2-5,9-10,13H2,1H3/p+1. The number of nitrogens with one attached hydrogen (secondary N) is 1. The molecule has 1 unspecified atom stereocenters. The number of phenols is 1. The van der Waals surface area contributed by atoms with Crippen LogP contribution in [0.1, 0.15) is 44.6 Å². The second-order valence-electron chi connectivity index (χ2n) is 6.40. The molecule has 1 aromatic rings. The van der Waals surface area contributed by atoms with Crippen LogP contribution in [0.15, 0.2) is 41.3 Å². The third-order valence-corrected chi connectivity index (χ3v) is 4.77. The van der Waals surface area contributed by atoms with E-state index in [2.05, 4.69) is 18.4 Å². The lowest BCUT2D eigenvalue weighted by atomic mass is 9.95. The highest BCUT2D eigenvalue weighted by Gasteiger charge is 2.30. The molecule has 3 rings (SSSR count). The van der Waals surface area contributed by atoms with E-state index in [-0.39, 0.29) is 0 Å². The first-order valence-electron chi connectivity index (χ1n) is 8.39. The van der Waals surface area contributed by atoms with Gasteiger partial charge in [0.15, 0.2) is 0 Å². The zero-order chi connectivity index (χ0) is 15.4. The van der Waals surface area contributed by atoms with Crippen LogP contribution in [0.2, 0.25) is 0 Å². The van der Waals surface area contributed by atoms with E-state index in [0.29, 0.717) is 22.9 Å². The van der Waals surface area contributed by atoms with E-state index in [1.165, 1.54) is 32.1 Å². The van der Waals surface area contributed by atoms with Gasteiger partial charge in [0.25, 0.3) is 0 Å². The lowest BCUT2D eigenvalue weighted by Gasteiger charge is -2.25. The molecule has 0 amide bonds. The van der Waals surface area contributed by atoms with Crippen LogP contribution in [0.5, 0.6) is 5.75 Å². The SMILES string of the molecule is CC[N+]1(Cc2ccccc2O)C=C(NC2CCCCC2)C=N1. The van der Waals surface area contributed by atoms with Gasteiger partial charge in [0.05, 0.1) is 5.56 Å². The average Bonchev–Trinajstić information content (AvgIpc) is 2.94. The maximum Gasteiger partial charge on any atom is 0.148 e. The number of hydrogen-bond acceptors (Lipinski definition) is 3. The first-order valence-corrected chi connectivity index (χ1v) is 8.39. The average molecular weight is 300 g/mol. The Kier molecular flexibility index (Phi) is 4.48. The Morgan fingerprint density at radius 2 is 2.00 bits per heavy atom. The van der Waals surface area contributed by atoms with Crippen molar-refractivity contribution >= 4 is 6.21 Å². The summed E-state index contributed by atoms with van der Waals surface area (Å²) in [6.45, 7) is 3.70. The molecule has 2 N–H and O–H groups in total. The molecular formula is C18H26N3O+. The second-order valence-corrected chi connectivity index (χ2v) is 6.40. The van der Waals surface area contributed by atoms with E-state index in [9.17, 15) is 5.11 Å². The van der Waals surface area contributed by atoms with Crippen LogP contribution >= 0.6 is 0 Å². The molecule has 118 valence electrons. The lowest BCUT2D eigenvalue weighted by molar-refractivity contribution is -0.895. The quantitative estimate of drug-likeness (QED) is 0.818. The van der Waals surface area contributed by atoms with Gasteiger partial charge in [-0.1, -0.05) is 36.5 Å². The summed E-state index contributed by atoms with van der Waals surface area (Å²) in [5.41, 5.74) is 2.07. The number of rotatable bonds is 5. The number of benzene rings is 1. The summed E-state index contributed by atoms with van der Waals surface area (Å²) in [5.74, 6) is 0.353. The highest BCUT2D eigenvalue weighted by Crippen LogP contribution is 2.27. The van der Waals surface area contributed by atoms with Gasteiger partial charge in [-0.2, -0.15) is 4.59 Å². The summed E-state index contributed by atoms with van der Waals surface area (Å²) in [6, 6.07) is 8.13. The highest BCUT2D eigenvalue weighted by molar-refractivity contribution is 5.78. The smallest absolute Gasteiger partial charge is 0.148 e.